The van der Waals surface area contributed by atoms with Crippen molar-refractivity contribution in [3.05, 3.63) is 47.5 Å². The zero-order valence-electron chi connectivity index (χ0n) is 10.2. The lowest BCUT2D eigenvalue weighted by Crippen LogP contribution is -2.19. The maximum absolute atomic E-state index is 11.4. The van der Waals surface area contributed by atoms with Gasteiger partial charge in [0.15, 0.2) is 0 Å². The fourth-order valence-corrected chi connectivity index (χ4v) is 1.40. The van der Waals surface area contributed by atoms with E-state index in [0.29, 0.717) is 0 Å². The smallest absolute Gasteiger partial charge is 0.245 e. The monoisotopic (exact) mass is 217 g/mol. The molecule has 1 aromatic rings. The highest BCUT2D eigenvalue weighted by molar-refractivity contribution is 5.87. The summed E-state index contributed by atoms with van der Waals surface area (Å²) in [5.41, 5.74) is 2.44. The summed E-state index contributed by atoms with van der Waals surface area (Å²) in [6, 6.07) is 10.3. The lowest BCUT2D eigenvalue weighted by molar-refractivity contribution is -0.123. The standard InChI is InChI=1S/C14H19NO/c1-12(11-14(16)15(2)3)9-10-13-7-5-4-6-8-13/h4-8,11H,9-10H2,1-3H3. The van der Waals surface area contributed by atoms with Gasteiger partial charge >= 0.3 is 0 Å². The average molecular weight is 217 g/mol. The Balaban J connectivity index is 2.47. The van der Waals surface area contributed by atoms with Crippen molar-refractivity contribution in [2.45, 2.75) is 19.8 Å². The molecule has 0 aromatic heterocycles. The summed E-state index contributed by atoms with van der Waals surface area (Å²) < 4.78 is 0. The van der Waals surface area contributed by atoms with Crippen molar-refractivity contribution in [1.29, 1.82) is 0 Å². The number of hydrogen-bond acceptors (Lipinski definition) is 1. The Morgan fingerprint density at radius 3 is 2.44 bits per heavy atom. The van der Waals surface area contributed by atoms with E-state index in [1.807, 2.05) is 25.1 Å². The third-order valence-corrected chi connectivity index (χ3v) is 2.46. The Hall–Kier alpha value is -1.57. The molecule has 0 radical (unpaired) electrons. The molecule has 16 heavy (non-hydrogen) atoms. The van der Waals surface area contributed by atoms with E-state index >= 15 is 0 Å². The Morgan fingerprint density at radius 1 is 1.25 bits per heavy atom. The van der Waals surface area contributed by atoms with Crippen molar-refractivity contribution in [2.75, 3.05) is 14.1 Å². The summed E-state index contributed by atoms with van der Waals surface area (Å²) in [4.78, 5) is 13.0. The minimum atomic E-state index is 0.0607. The fourth-order valence-electron chi connectivity index (χ4n) is 1.40. The van der Waals surface area contributed by atoms with Gasteiger partial charge in [-0.15, -0.1) is 0 Å². The zero-order chi connectivity index (χ0) is 12.0. The third kappa shape index (κ3) is 4.30. The largest absolute Gasteiger partial charge is 0.345 e. The maximum Gasteiger partial charge on any atom is 0.245 e. The van der Waals surface area contributed by atoms with Gasteiger partial charge in [-0.3, -0.25) is 4.79 Å². The van der Waals surface area contributed by atoms with Crippen LogP contribution in [0.2, 0.25) is 0 Å². The number of likely N-dealkylation sites (N-methyl/N-ethyl adjacent to an activating group) is 1. The van der Waals surface area contributed by atoms with Gasteiger partial charge in [0.25, 0.3) is 0 Å². The topological polar surface area (TPSA) is 20.3 Å². The molecule has 0 spiro atoms. The highest BCUT2D eigenvalue weighted by Gasteiger charge is 2.00. The number of carbonyl (C=O) groups excluding carboxylic acids is 1. The van der Waals surface area contributed by atoms with Crippen molar-refractivity contribution in [3.8, 4) is 0 Å². The van der Waals surface area contributed by atoms with Crippen LogP contribution in [0.15, 0.2) is 42.0 Å². The summed E-state index contributed by atoms with van der Waals surface area (Å²) in [5.74, 6) is 0.0607. The molecule has 1 amide bonds. The van der Waals surface area contributed by atoms with Crippen molar-refractivity contribution in [3.63, 3.8) is 0 Å². The van der Waals surface area contributed by atoms with Crippen LogP contribution in [0.25, 0.3) is 0 Å². The Bertz CT molecular complexity index is 366. The molecule has 86 valence electrons. The SMILES string of the molecule is CC(=CC(=O)N(C)C)CCc1ccccc1. The van der Waals surface area contributed by atoms with E-state index in [0.717, 1.165) is 18.4 Å². The van der Waals surface area contributed by atoms with Gasteiger partial charge in [-0.05, 0) is 25.3 Å². The van der Waals surface area contributed by atoms with Crippen LogP contribution in [0.3, 0.4) is 0 Å². The van der Waals surface area contributed by atoms with E-state index in [-0.39, 0.29) is 5.91 Å². The number of nitrogens with zero attached hydrogens (tertiary/aromatic N) is 1. The quantitative estimate of drug-likeness (QED) is 0.710. The molecule has 1 aromatic carbocycles. The second kappa shape index (κ2) is 6.11. The van der Waals surface area contributed by atoms with Crippen LogP contribution in [-0.2, 0) is 11.2 Å². The molecule has 0 atom stereocenters. The van der Waals surface area contributed by atoms with Crippen LogP contribution in [0.4, 0.5) is 0 Å². The van der Waals surface area contributed by atoms with E-state index in [4.69, 9.17) is 0 Å². The zero-order valence-corrected chi connectivity index (χ0v) is 10.2. The number of amides is 1. The van der Waals surface area contributed by atoms with Crippen LogP contribution in [0.1, 0.15) is 18.9 Å². The molecule has 0 bridgehead atoms. The molecular weight excluding hydrogens is 198 g/mol. The van der Waals surface area contributed by atoms with Gasteiger partial charge in [-0.2, -0.15) is 0 Å². The average Bonchev–Trinajstić information content (AvgIpc) is 2.27. The number of aryl methyl sites for hydroxylation is 1. The van der Waals surface area contributed by atoms with Crippen molar-refractivity contribution < 1.29 is 4.79 Å². The summed E-state index contributed by atoms with van der Waals surface area (Å²) >= 11 is 0. The van der Waals surface area contributed by atoms with E-state index in [1.165, 1.54) is 5.56 Å². The van der Waals surface area contributed by atoms with E-state index < -0.39 is 0 Å². The number of benzene rings is 1. The van der Waals surface area contributed by atoms with E-state index in [2.05, 4.69) is 12.1 Å². The Labute approximate surface area is 97.6 Å². The third-order valence-electron chi connectivity index (χ3n) is 2.46. The van der Waals surface area contributed by atoms with Crippen molar-refractivity contribution in [1.82, 2.24) is 4.90 Å². The molecule has 0 N–H and O–H groups in total. The maximum atomic E-state index is 11.4. The van der Waals surface area contributed by atoms with Gasteiger partial charge in [0.05, 0.1) is 0 Å². The highest BCUT2D eigenvalue weighted by atomic mass is 16.2. The first-order chi connectivity index (χ1) is 7.59. The molecule has 1 rings (SSSR count). The molecule has 0 saturated carbocycles. The number of allylic oxidation sites excluding steroid dienone is 1. The summed E-state index contributed by atoms with van der Waals surface area (Å²) in [7, 11) is 3.53. The molecule has 0 aliphatic rings. The van der Waals surface area contributed by atoms with Crippen LogP contribution < -0.4 is 0 Å². The lowest BCUT2D eigenvalue weighted by Gasteiger charge is -2.07. The number of carbonyl (C=O) groups is 1. The first-order valence-corrected chi connectivity index (χ1v) is 5.52. The second-order valence-electron chi connectivity index (χ2n) is 4.21. The molecular formula is C14H19NO. The van der Waals surface area contributed by atoms with Crippen LogP contribution in [0, 0.1) is 0 Å². The van der Waals surface area contributed by atoms with Gasteiger partial charge < -0.3 is 4.90 Å². The van der Waals surface area contributed by atoms with Crippen molar-refractivity contribution in [2.24, 2.45) is 0 Å². The summed E-state index contributed by atoms with van der Waals surface area (Å²) in [6.07, 6.45) is 3.64. The normalized spacial score (nSPS) is 11.3. The minimum Gasteiger partial charge on any atom is -0.345 e. The molecule has 0 unspecified atom stereocenters. The van der Waals surface area contributed by atoms with Gasteiger partial charge in [0.2, 0.25) is 5.91 Å². The summed E-state index contributed by atoms with van der Waals surface area (Å²) in [5, 5.41) is 0. The van der Waals surface area contributed by atoms with Gasteiger partial charge in [-0.25, -0.2) is 0 Å². The molecule has 0 saturated heterocycles. The lowest BCUT2D eigenvalue weighted by atomic mass is 10.1. The Morgan fingerprint density at radius 2 is 1.88 bits per heavy atom. The van der Waals surface area contributed by atoms with Gasteiger partial charge in [-0.1, -0.05) is 35.9 Å². The van der Waals surface area contributed by atoms with E-state index in [1.54, 1.807) is 25.1 Å². The molecule has 0 aliphatic heterocycles. The van der Waals surface area contributed by atoms with Gasteiger partial charge in [0, 0.05) is 20.2 Å². The molecule has 2 heteroatoms. The van der Waals surface area contributed by atoms with Crippen molar-refractivity contribution >= 4 is 5.91 Å². The molecule has 0 aliphatic carbocycles. The van der Waals surface area contributed by atoms with Crippen LogP contribution >= 0.6 is 0 Å². The highest BCUT2D eigenvalue weighted by Crippen LogP contribution is 2.08. The Kier molecular flexibility index (Phi) is 4.77. The fraction of sp³-hybridized carbons (Fsp3) is 0.357. The van der Waals surface area contributed by atoms with Crippen LogP contribution in [0.5, 0.6) is 0 Å². The number of hydrogen-bond donors (Lipinski definition) is 0. The molecule has 2 nitrogen and oxygen atoms in total. The van der Waals surface area contributed by atoms with E-state index in [9.17, 15) is 4.79 Å². The number of rotatable bonds is 4. The predicted octanol–water partition coefficient (Wildman–Crippen LogP) is 2.65. The second-order valence-corrected chi connectivity index (χ2v) is 4.21. The first kappa shape index (κ1) is 12.5. The molecule has 0 heterocycles. The minimum absolute atomic E-state index is 0.0607. The summed E-state index contributed by atoms with van der Waals surface area (Å²) in [6.45, 7) is 2.00. The molecule has 0 fully saturated rings. The first-order valence-electron chi connectivity index (χ1n) is 5.52. The van der Waals surface area contributed by atoms with Crippen LogP contribution in [-0.4, -0.2) is 24.9 Å². The van der Waals surface area contributed by atoms with Gasteiger partial charge in [0.1, 0.15) is 0 Å². The predicted molar refractivity (Wildman–Crippen MR) is 67.2 cm³/mol.